The highest BCUT2D eigenvalue weighted by molar-refractivity contribution is 7.90. The minimum absolute atomic E-state index is 0.0692. The van der Waals surface area contributed by atoms with Gasteiger partial charge in [0.2, 0.25) is 0 Å². The van der Waals surface area contributed by atoms with Crippen molar-refractivity contribution in [2.24, 2.45) is 0 Å². The molecule has 0 bridgehead atoms. The molecule has 0 aliphatic heterocycles. The average Bonchev–Trinajstić information content (AvgIpc) is 2.53. The van der Waals surface area contributed by atoms with E-state index in [0.717, 1.165) is 6.26 Å². The van der Waals surface area contributed by atoms with Crippen LogP contribution in [0, 0.1) is 10.1 Å². The predicted octanol–water partition coefficient (Wildman–Crippen LogP) is 2.50. The summed E-state index contributed by atoms with van der Waals surface area (Å²) in [6.45, 7) is 1.23. The Morgan fingerprint density at radius 1 is 1.23 bits per heavy atom. The van der Waals surface area contributed by atoms with Crippen LogP contribution in [0.2, 0.25) is 5.02 Å². The van der Waals surface area contributed by atoms with Gasteiger partial charge in [-0.25, -0.2) is 8.42 Å². The van der Waals surface area contributed by atoms with Gasteiger partial charge >= 0.3 is 0 Å². The van der Waals surface area contributed by atoms with Gasteiger partial charge in [0.1, 0.15) is 0 Å². The van der Waals surface area contributed by atoms with Gasteiger partial charge < -0.3 is 10.4 Å². The Labute approximate surface area is 154 Å². The van der Waals surface area contributed by atoms with Crippen LogP contribution in [0.5, 0.6) is 0 Å². The van der Waals surface area contributed by atoms with E-state index in [-0.39, 0.29) is 26.9 Å². The number of benzene rings is 2. The van der Waals surface area contributed by atoms with Crippen LogP contribution < -0.4 is 5.32 Å². The van der Waals surface area contributed by atoms with Crippen LogP contribution in [0.15, 0.2) is 47.4 Å². The summed E-state index contributed by atoms with van der Waals surface area (Å²) in [7, 11) is -3.51. The highest BCUT2D eigenvalue weighted by atomic mass is 35.5. The number of nitrogens with zero attached hydrogens (tertiary/aromatic N) is 1. The van der Waals surface area contributed by atoms with Gasteiger partial charge in [-0.3, -0.25) is 14.9 Å². The average molecular weight is 399 g/mol. The van der Waals surface area contributed by atoms with Crippen LogP contribution >= 0.6 is 11.6 Å². The third-order valence-electron chi connectivity index (χ3n) is 3.67. The van der Waals surface area contributed by atoms with Crippen molar-refractivity contribution in [2.75, 3.05) is 11.6 Å². The molecule has 0 aromatic heterocycles. The van der Waals surface area contributed by atoms with E-state index in [9.17, 15) is 28.4 Å². The molecule has 0 fully saturated rings. The summed E-state index contributed by atoms with van der Waals surface area (Å²) in [6, 6.07) is 8.74. The van der Waals surface area contributed by atoms with Crippen molar-refractivity contribution in [1.29, 1.82) is 0 Å². The highest BCUT2D eigenvalue weighted by Gasteiger charge is 2.33. The van der Waals surface area contributed by atoms with E-state index in [1.807, 2.05) is 0 Å². The minimum atomic E-state index is -3.51. The van der Waals surface area contributed by atoms with Crippen LogP contribution in [0.25, 0.3) is 0 Å². The third-order valence-corrected chi connectivity index (χ3v) is 5.25. The second kappa shape index (κ2) is 7.02. The van der Waals surface area contributed by atoms with E-state index in [1.165, 1.54) is 49.4 Å². The molecular weight excluding hydrogens is 384 g/mol. The minimum Gasteiger partial charge on any atom is -0.376 e. The number of hydrogen-bond donors (Lipinski definition) is 2. The smallest absolute Gasteiger partial charge is 0.269 e. The van der Waals surface area contributed by atoms with Crippen LogP contribution in [-0.4, -0.2) is 30.6 Å². The summed E-state index contributed by atoms with van der Waals surface area (Å²) < 4.78 is 23.1. The number of halogens is 1. The van der Waals surface area contributed by atoms with Crippen molar-refractivity contribution in [1.82, 2.24) is 0 Å². The standard InChI is InChI=1S/C16H15ClN2O6S/c1-16(21,10-3-6-12(7-4-10)19(22)23)15(20)18-11-5-8-14(13(17)9-11)26(2,24)25/h3-9,21H,1-2H3,(H,18,20). The molecule has 2 rings (SSSR count). The second-order valence-corrected chi connectivity index (χ2v) is 8.14. The molecule has 10 heteroatoms. The summed E-state index contributed by atoms with van der Waals surface area (Å²) >= 11 is 5.92. The van der Waals surface area contributed by atoms with Crippen LogP contribution in [-0.2, 0) is 20.2 Å². The number of nitro groups is 1. The summed E-state index contributed by atoms with van der Waals surface area (Å²) in [6.07, 6.45) is 1.01. The lowest BCUT2D eigenvalue weighted by Gasteiger charge is -2.23. The first-order valence-corrected chi connectivity index (χ1v) is 9.48. The fourth-order valence-electron chi connectivity index (χ4n) is 2.17. The first kappa shape index (κ1) is 19.8. The summed E-state index contributed by atoms with van der Waals surface area (Å²) in [5.41, 5.74) is -1.81. The fraction of sp³-hybridized carbons (Fsp3) is 0.188. The molecule has 2 aromatic rings. The predicted molar refractivity (Wildman–Crippen MR) is 95.9 cm³/mol. The number of anilines is 1. The van der Waals surface area contributed by atoms with Crippen molar-refractivity contribution in [2.45, 2.75) is 17.4 Å². The first-order valence-electron chi connectivity index (χ1n) is 7.21. The van der Waals surface area contributed by atoms with Gasteiger partial charge in [-0.05, 0) is 42.8 Å². The van der Waals surface area contributed by atoms with Gasteiger partial charge in [0.05, 0.1) is 14.8 Å². The Morgan fingerprint density at radius 3 is 2.27 bits per heavy atom. The maximum Gasteiger partial charge on any atom is 0.269 e. The van der Waals surface area contributed by atoms with Crippen LogP contribution in [0.4, 0.5) is 11.4 Å². The number of rotatable bonds is 5. The molecule has 26 heavy (non-hydrogen) atoms. The molecule has 1 unspecified atom stereocenters. The molecule has 2 N–H and O–H groups in total. The van der Waals surface area contributed by atoms with E-state index in [0.29, 0.717) is 0 Å². The van der Waals surface area contributed by atoms with Gasteiger partial charge in [-0.1, -0.05) is 11.6 Å². The van der Waals surface area contributed by atoms with Crippen LogP contribution in [0.3, 0.4) is 0 Å². The van der Waals surface area contributed by atoms with E-state index >= 15 is 0 Å². The summed E-state index contributed by atoms with van der Waals surface area (Å²) in [5.74, 6) is -0.811. The molecule has 0 saturated carbocycles. The Balaban J connectivity index is 2.25. The number of amides is 1. The number of non-ortho nitro benzene ring substituents is 1. The Bertz CT molecular complexity index is 971. The number of hydrogen-bond acceptors (Lipinski definition) is 6. The Morgan fingerprint density at radius 2 is 1.81 bits per heavy atom. The van der Waals surface area contributed by atoms with Crippen molar-refractivity contribution in [3.05, 3.63) is 63.2 Å². The monoisotopic (exact) mass is 398 g/mol. The topological polar surface area (TPSA) is 127 Å². The van der Waals surface area contributed by atoms with Gasteiger partial charge in [-0.15, -0.1) is 0 Å². The fourth-order valence-corrected chi connectivity index (χ4v) is 3.50. The molecule has 1 atom stereocenters. The van der Waals surface area contributed by atoms with Gasteiger partial charge in [0.15, 0.2) is 15.4 Å². The summed E-state index contributed by atoms with van der Waals surface area (Å²) in [5, 5.41) is 23.5. The van der Waals surface area contributed by atoms with E-state index < -0.39 is 26.3 Å². The summed E-state index contributed by atoms with van der Waals surface area (Å²) in [4.78, 5) is 22.4. The van der Waals surface area contributed by atoms with Crippen LogP contribution in [0.1, 0.15) is 12.5 Å². The number of nitrogens with one attached hydrogen (secondary N) is 1. The largest absolute Gasteiger partial charge is 0.376 e. The molecule has 0 aliphatic carbocycles. The molecular formula is C16H15ClN2O6S. The van der Waals surface area contributed by atoms with Gasteiger partial charge in [0, 0.05) is 24.1 Å². The highest BCUT2D eigenvalue weighted by Crippen LogP contribution is 2.28. The van der Waals surface area contributed by atoms with E-state index in [2.05, 4.69) is 5.32 Å². The number of aliphatic hydroxyl groups is 1. The first-order chi connectivity index (χ1) is 11.9. The quantitative estimate of drug-likeness (QED) is 0.588. The zero-order valence-corrected chi connectivity index (χ0v) is 15.3. The van der Waals surface area contributed by atoms with Crippen molar-refractivity contribution >= 4 is 38.7 Å². The number of nitro benzene ring substituents is 1. The zero-order valence-electron chi connectivity index (χ0n) is 13.8. The molecule has 138 valence electrons. The number of sulfone groups is 1. The second-order valence-electron chi connectivity index (χ2n) is 5.75. The Hall–Kier alpha value is -2.49. The van der Waals surface area contributed by atoms with Crippen molar-refractivity contribution < 1.29 is 23.2 Å². The molecule has 0 radical (unpaired) electrons. The molecule has 0 spiro atoms. The maximum atomic E-state index is 12.4. The molecule has 0 saturated heterocycles. The third kappa shape index (κ3) is 4.18. The Kier molecular flexibility index (Phi) is 5.36. The maximum absolute atomic E-state index is 12.4. The number of carbonyl (C=O) groups excluding carboxylic acids is 1. The zero-order chi connectivity index (χ0) is 19.7. The van der Waals surface area contributed by atoms with Crippen molar-refractivity contribution in [3.63, 3.8) is 0 Å². The molecule has 0 aliphatic rings. The molecule has 0 heterocycles. The van der Waals surface area contributed by atoms with Gasteiger partial charge in [0.25, 0.3) is 11.6 Å². The SMILES string of the molecule is CC(O)(C(=O)Nc1ccc(S(C)(=O)=O)c(Cl)c1)c1ccc([N+](=O)[O-])cc1. The molecule has 2 aromatic carbocycles. The van der Waals surface area contributed by atoms with Gasteiger partial charge in [-0.2, -0.15) is 0 Å². The molecule has 1 amide bonds. The molecule has 8 nitrogen and oxygen atoms in total. The lowest BCUT2D eigenvalue weighted by atomic mass is 9.94. The lowest BCUT2D eigenvalue weighted by Crippen LogP contribution is -2.37. The van der Waals surface area contributed by atoms with E-state index in [1.54, 1.807) is 0 Å². The number of carbonyl (C=O) groups is 1. The van der Waals surface area contributed by atoms with Crippen molar-refractivity contribution in [3.8, 4) is 0 Å². The van der Waals surface area contributed by atoms with E-state index in [4.69, 9.17) is 11.6 Å². The lowest BCUT2D eigenvalue weighted by molar-refractivity contribution is -0.384. The normalized spacial score (nSPS) is 13.7.